The molecule has 0 amide bonds. The number of aromatic nitrogens is 1. The highest BCUT2D eigenvalue weighted by Gasteiger charge is 2.14. The first kappa shape index (κ1) is 15.2. The highest BCUT2D eigenvalue weighted by Crippen LogP contribution is 2.25. The number of rotatable bonds is 7. The maximum absolute atomic E-state index is 4.21. The molecular weight excluding hydrogens is 264 g/mol. The minimum atomic E-state index is 0.390. The lowest BCUT2D eigenvalue weighted by molar-refractivity contribution is 0.529. The fourth-order valence-electron chi connectivity index (χ4n) is 2.41. The molecule has 0 radical (unpaired) electrons. The van der Waals surface area contributed by atoms with Gasteiger partial charge in [-0.15, -0.1) is 11.3 Å². The van der Waals surface area contributed by atoms with Crippen molar-refractivity contribution in [3.63, 3.8) is 0 Å². The molecule has 0 saturated carbocycles. The summed E-state index contributed by atoms with van der Waals surface area (Å²) in [5.74, 6) is 0. The van der Waals surface area contributed by atoms with Gasteiger partial charge in [-0.1, -0.05) is 13.8 Å². The van der Waals surface area contributed by atoms with Gasteiger partial charge < -0.3 is 5.32 Å². The maximum Gasteiger partial charge on any atom is 0.0372 e. The Balaban J connectivity index is 2.17. The van der Waals surface area contributed by atoms with Crippen LogP contribution in [0.2, 0.25) is 0 Å². The van der Waals surface area contributed by atoms with Gasteiger partial charge in [0.1, 0.15) is 0 Å². The summed E-state index contributed by atoms with van der Waals surface area (Å²) in [4.78, 5) is 7.14. The third-order valence-electron chi connectivity index (χ3n) is 3.55. The highest BCUT2D eigenvalue weighted by molar-refractivity contribution is 7.11. The van der Waals surface area contributed by atoms with Crippen molar-refractivity contribution in [1.29, 1.82) is 0 Å². The van der Waals surface area contributed by atoms with Crippen LogP contribution in [0.4, 0.5) is 0 Å². The second-order valence-electron chi connectivity index (χ2n) is 5.16. The summed E-state index contributed by atoms with van der Waals surface area (Å²) >= 11 is 1.94. The van der Waals surface area contributed by atoms with Crippen LogP contribution < -0.4 is 5.32 Å². The van der Waals surface area contributed by atoms with E-state index in [9.17, 15) is 0 Å². The molecule has 1 atom stereocenters. The van der Waals surface area contributed by atoms with Gasteiger partial charge in [-0.05, 0) is 55.6 Å². The van der Waals surface area contributed by atoms with Crippen LogP contribution in [0, 0.1) is 6.92 Å². The summed E-state index contributed by atoms with van der Waals surface area (Å²) in [6.45, 7) is 7.63. The molecule has 2 nitrogen and oxygen atoms in total. The molecule has 1 N–H and O–H groups in total. The van der Waals surface area contributed by atoms with Crippen LogP contribution in [-0.4, -0.2) is 11.5 Å². The number of pyridine rings is 1. The first-order valence-electron chi connectivity index (χ1n) is 7.46. The highest BCUT2D eigenvalue weighted by atomic mass is 32.1. The van der Waals surface area contributed by atoms with Crippen molar-refractivity contribution < 1.29 is 0 Å². The van der Waals surface area contributed by atoms with Crippen molar-refractivity contribution in [3.05, 3.63) is 51.5 Å². The fourth-order valence-corrected chi connectivity index (χ4v) is 3.41. The summed E-state index contributed by atoms with van der Waals surface area (Å²) in [5, 5.41) is 3.68. The number of hydrogen-bond donors (Lipinski definition) is 1. The summed E-state index contributed by atoms with van der Waals surface area (Å²) < 4.78 is 0. The van der Waals surface area contributed by atoms with Gasteiger partial charge in [0, 0.05) is 34.6 Å². The van der Waals surface area contributed by atoms with E-state index in [-0.39, 0.29) is 0 Å². The van der Waals surface area contributed by atoms with E-state index >= 15 is 0 Å². The van der Waals surface area contributed by atoms with Crippen molar-refractivity contribution in [2.75, 3.05) is 6.54 Å². The molecule has 0 aliphatic carbocycles. The van der Waals surface area contributed by atoms with E-state index < -0.39 is 0 Å². The van der Waals surface area contributed by atoms with Crippen molar-refractivity contribution >= 4 is 11.3 Å². The molecular formula is C17H24N2S. The summed E-state index contributed by atoms with van der Waals surface area (Å²) in [6.07, 6.45) is 7.21. The Morgan fingerprint density at radius 1 is 1.20 bits per heavy atom. The SMILES string of the molecule is CCCNC(Cc1ccc(CC)s1)c1ccncc1C. The zero-order valence-corrected chi connectivity index (χ0v) is 13.5. The first-order chi connectivity index (χ1) is 9.74. The van der Waals surface area contributed by atoms with Crippen LogP contribution in [0.1, 0.15) is 47.2 Å². The second kappa shape index (κ2) is 7.55. The van der Waals surface area contributed by atoms with E-state index in [2.05, 4.69) is 49.3 Å². The molecule has 0 saturated heterocycles. The molecule has 0 bridgehead atoms. The molecule has 2 rings (SSSR count). The van der Waals surface area contributed by atoms with E-state index in [1.54, 1.807) is 0 Å². The van der Waals surface area contributed by atoms with E-state index in [4.69, 9.17) is 0 Å². The van der Waals surface area contributed by atoms with Crippen LogP contribution in [0.15, 0.2) is 30.6 Å². The van der Waals surface area contributed by atoms with Crippen molar-refractivity contribution in [1.82, 2.24) is 10.3 Å². The Morgan fingerprint density at radius 2 is 2.00 bits per heavy atom. The molecule has 3 heteroatoms. The van der Waals surface area contributed by atoms with Gasteiger partial charge in [0.2, 0.25) is 0 Å². The molecule has 2 heterocycles. The van der Waals surface area contributed by atoms with Gasteiger partial charge in [0.05, 0.1) is 0 Å². The normalized spacial score (nSPS) is 12.6. The minimum Gasteiger partial charge on any atom is -0.310 e. The van der Waals surface area contributed by atoms with Gasteiger partial charge in [0.25, 0.3) is 0 Å². The van der Waals surface area contributed by atoms with E-state index in [0.29, 0.717) is 6.04 Å². The van der Waals surface area contributed by atoms with Crippen LogP contribution in [0.25, 0.3) is 0 Å². The van der Waals surface area contributed by atoms with Crippen LogP contribution in [-0.2, 0) is 12.8 Å². The zero-order valence-electron chi connectivity index (χ0n) is 12.6. The molecule has 20 heavy (non-hydrogen) atoms. The molecule has 0 spiro atoms. The average molecular weight is 288 g/mol. The predicted octanol–water partition coefficient (Wildman–Crippen LogP) is 4.30. The zero-order chi connectivity index (χ0) is 14.4. The van der Waals surface area contributed by atoms with E-state index in [1.807, 2.05) is 23.7 Å². The lowest BCUT2D eigenvalue weighted by atomic mass is 10.00. The van der Waals surface area contributed by atoms with Crippen molar-refractivity contribution in [2.45, 2.75) is 46.1 Å². The van der Waals surface area contributed by atoms with Crippen LogP contribution in [0.5, 0.6) is 0 Å². The second-order valence-corrected chi connectivity index (χ2v) is 6.42. The quantitative estimate of drug-likeness (QED) is 0.821. The van der Waals surface area contributed by atoms with Gasteiger partial charge >= 0.3 is 0 Å². The van der Waals surface area contributed by atoms with Crippen LogP contribution >= 0.6 is 11.3 Å². The Bertz CT molecular complexity index is 533. The third-order valence-corrected chi connectivity index (χ3v) is 4.80. The lowest BCUT2D eigenvalue weighted by Crippen LogP contribution is -2.24. The largest absolute Gasteiger partial charge is 0.310 e. The van der Waals surface area contributed by atoms with Crippen molar-refractivity contribution in [2.24, 2.45) is 0 Å². The number of nitrogens with zero attached hydrogens (tertiary/aromatic N) is 1. The topological polar surface area (TPSA) is 24.9 Å². The third kappa shape index (κ3) is 3.90. The molecule has 0 aliphatic heterocycles. The van der Waals surface area contributed by atoms with Gasteiger partial charge in [0.15, 0.2) is 0 Å². The average Bonchev–Trinajstić information content (AvgIpc) is 2.92. The summed E-state index contributed by atoms with van der Waals surface area (Å²) in [5.41, 5.74) is 2.65. The summed E-state index contributed by atoms with van der Waals surface area (Å²) in [7, 11) is 0. The standard InChI is InChI=1S/C17H24N2S/c1-4-9-19-17(16-8-10-18-12-13(16)3)11-15-7-6-14(5-2)20-15/h6-8,10,12,17,19H,4-5,9,11H2,1-3H3. The van der Waals surface area contributed by atoms with E-state index in [1.165, 1.54) is 20.9 Å². The molecule has 2 aromatic heterocycles. The number of nitrogens with one attached hydrogen (secondary N) is 1. The number of aryl methyl sites for hydroxylation is 2. The van der Waals surface area contributed by atoms with Gasteiger partial charge in [-0.3, -0.25) is 4.98 Å². The van der Waals surface area contributed by atoms with Gasteiger partial charge in [-0.2, -0.15) is 0 Å². The molecule has 108 valence electrons. The minimum absolute atomic E-state index is 0.390. The molecule has 0 aliphatic rings. The first-order valence-corrected chi connectivity index (χ1v) is 8.27. The van der Waals surface area contributed by atoms with Gasteiger partial charge in [-0.25, -0.2) is 0 Å². The fraction of sp³-hybridized carbons (Fsp3) is 0.471. The van der Waals surface area contributed by atoms with E-state index in [0.717, 1.165) is 25.8 Å². The Hall–Kier alpha value is -1.19. The summed E-state index contributed by atoms with van der Waals surface area (Å²) in [6, 6.07) is 7.08. The Morgan fingerprint density at radius 3 is 2.65 bits per heavy atom. The number of hydrogen-bond acceptors (Lipinski definition) is 3. The molecule has 0 aromatic carbocycles. The Labute approximate surface area is 126 Å². The van der Waals surface area contributed by atoms with Crippen LogP contribution in [0.3, 0.4) is 0 Å². The smallest absolute Gasteiger partial charge is 0.0372 e. The number of thiophene rings is 1. The molecule has 1 unspecified atom stereocenters. The lowest BCUT2D eigenvalue weighted by Gasteiger charge is -2.20. The Kier molecular flexibility index (Phi) is 5.74. The predicted molar refractivity (Wildman–Crippen MR) is 87.4 cm³/mol. The van der Waals surface area contributed by atoms with Crippen molar-refractivity contribution in [3.8, 4) is 0 Å². The monoisotopic (exact) mass is 288 g/mol. The molecule has 0 fully saturated rings. The maximum atomic E-state index is 4.21. The molecule has 2 aromatic rings.